The molecule has 0 aromatic carbocycles. The SMILES string of the molecule is CCCC(C(C)C)C1C(C)C(C)C1C. The molecule has 0 spiro atoms. The van der Waals surface area contributed by atoms with E-state index in [9.17, 15) is 0 Å². The van der Waals surface area contributed by atoms with E-state index in [-0.39, 0.29) is 0 Å². The summed E-state index contributed by atoms with van der Waals surface area (Å²) in [6, 6.07) is 0. The molecule has 0 bridgehead atoms. The third kappa shape index (κ3) is 1.99. The van der Waals surface area contributed by atoms with Crippen molar-refractivity contribution >= 4 is 0 Å². The Morgan fingerprint density at radius 2 is 1.43 bits per heavy atom. The molecule has 3 unspecified atom stereocenters. The number of rotatable bonds is 4. The molecule has 0 N–H and O–H groups in total. The molecule has 3 atom stereocenters. The summed E-state index contributed by atoms with van der Waals surface area (Å²) in [6.45, 7) is 14.5. The zero-order valence-corrected chi connectivity index (χ0v) is 10.9. The minimum Gasteiger partial charge on any atom is -0.0654 e. The molecule has 0 amide bonds. The maximum absolute atomic E-state index is 2.46. The van der Waals surface area contributed by atoms with Crippen LogP contribution >= 0.6 is 0 Å². The lowest BCUT2D eigenvalue weighted by Gasteiger charge is -2.53. The average molecular weight is 196 g/mol. The monoisotopic (exact) mass is 196 g/mol. The van der Waals surface area contributed by atoms with Gasteiger partial charge in [-0.3, -0.25) is 0 Å². The van der Waals surface area contributed by atoms with Crippen molar-refractivity contribution in [3.63, 3.8) is 0 Å². The molecule has 1 aliphatic carbocycles. The highest BCUT2D eigenvalue weighted by molar-refractivity contribution is 4.94. The summed E-state index contributed by atoms with van der Waals surface area (Å²) in [5, 5.41) is 0. The predicted octanol–water partition coefficient (Wildman–Crippen LogP) is 4.60. The lowest BCUT2D eigenvalue weighted by molar-refractivity contribution is -0.0452. The molecule has 0 aromatic heterocycles. The molecule has 0 heterocycles. The van der Waals surface area contributed by atoms with E-state index in [1.165, 1.54) is 12.8 Å². The van der Waals surface area contributed by atoms with Crippen LogP contribution < -0.4 is 0 Å². The van der Waals surface area contributed by atoms with Crippen molar-refractivity contribution in [3.05, 3.63) is 0 Å². The van der Waals surface area contributed by atoms with Crippen LogP contribution in [0.2, 0.25) is 0 Å². The van der Waals surface area contributed by atoms with Crippen LogP contribution in [-0.2, 0) is 0 Å². The fourth-order valence-corrected chi connectivity index (χ4v) is 3.60. The summed E-state index contributed by atoms with van der Waals surface area (Å²) in [5.41, 5.74) is 0. The van der Waals surface area contributed by atoms with Crippen LogP contribution in [0.1, 0.15) is 54.4 Å². The van der Waals surface area contributed by atoms with Crippen LogP contribution in [0.4, 0.5) is 0 Å². The van der Waals surface area contributed by atoms with Gasteiger partial charge in [0.15, 0.2) is 0 Å². The first-order valence-electron chi connectivity index (χ1n) is 6.50. The minimum absolute atomic E-state index is 0.873. The normalized spacial score (nSPS) is 39.6. The van der Waals surface area contributed by atoms with E-state index in [1.54, 1.807) is 0 Å². The first-order valence-corrected chi connectivity index (χ1v) is 6.50. The topological polar surface area (TPSA) is 0 Å². The molecule has 0 aromatic rings. The Kier molecular flexibility index (Phi) is 4.04. The zero-order valence-electron chi connectivity index (χ0n) is 10.9. The van der Waals surface area contributed by atoms with E-state index >= 15 is 0 Å². The third-order valence-electron chi connectivity index (χ3n) is 4.85. The second kappa shape index (κ2) is 4.68. The summed E-state index contributed by atoms with van der Waals surface area (Å²) in [5.74, 6) is 5.73. The highest BCUT2D eigenvalue weighted by atomic mass is 14.5. The van der Waals surface area contributed by atoms with Crippen LogP contribution in [0.25, 0.3) is 0 Å². The highest BCUT2D eigenvalue weighted by Crippen LogP contribution is 2.52. The molecule has 0 heteroatoms. The molecule has 1 aliphatic rings. The van der Waals surface area contributed by atoms with Gasteiger partial charge < -0.3 is 0 Å². The molecule has 0 nitrogen and oxygen atoms in total. The molecule has 1 rings (SSSR count). The van der Waals surface area contributed by atoms with Gasteiger partial charge in [-0.25, -0.2) is 0 Å². The summed E-state index contributed by atoms with van der Waals surface area (Å²) < 4.78 is 0. The Labute approximate surface area is 90.5 Å². The van der Waals surface area contributed by atoms with Crippen molar-refractivity contribution < 1.29 is 0 Å². The maximum atomic E-state index is 2.46. The largest absolute Gasteiger partial charge is 0.0654 e. The summed E-state index contributed by atoms with van der Waals surface area (Å²) >= 11 is 0. The van der Waals surface area contributed by atoms with E-state index in [0.29, 0.717) is 0 Å². The van der Waals surface area contributed by atoms with E-state index in [2.05, 4.69) is 41.5 Å². The lowest BCUT2D eigenvalue weighted by atomic mass is 9.52. The third-order valence-corrected chi connectivity index (χ3v) is 4.85. The van der Waals surface area contributed by atoms with Crippen LogP contribution in [-0.4, -0.2) is 0 Å². The molecule has 84 valence electrons. The molecular weight excluding hydrogens is 168 g/mol. The Bertz CT molecular complexity index is 161. The van der Waals surface area contributed by atoms with Crippen LogP contribution in [0.5, 0.6) is 0 Å². The van der Waals surface area contributed by atoms with Crippen molar-refractivity contribution in [2.45, 2.75) is 54.4 Å². The molecule has 1 saturated carbocycles. The second-order valence-electron chi connectivity index (χ2n) is 5.85. The number of hydrogen-bond acceptors (Lipinski definition) is 0. The summed E-state index contributed by atoms with van der Waals surface area (Å²) in [4.78, 5) is 0. The maximum Gasteiger partial charge on any atom is -0.0327 e. The fourth-order valence-electron chi connectivity index (χ4n) is 3.60. The Hall–Kier alpha value is 0. The molecule has 1 fully saturated rings. The van der Waals surface area contributed by atoms with Crippen LogP contribution in [0, 0.1) is 35.5 Å². The van der Waals surface area contributed by atoms with Gasteiger partial charge in [-0.1, -0.05) is 54.4 Å². The van der Waals surface area contributed by atoms with E-state index in [4.69, 9.17) is 0 Å². The van der Waals surface area contributed by atoms with E-state index < -0.39 is 0 Å². The van der Waals surface area contributed by atoms with Gasteiger partial charge in [0.2, 0.25) is 0 Å². The average Bonchev–Trinajstić information content (AvgIpc) is 2.16. The molecule has 14 heavy (non-hydrogen) atoms. The summed E-state index contributed by atoms with van der Waals surface area (Å²) in [6.07, 6.45) is 2.79. The van der Waals surface area contributed by atoms with Gasteiger partial charge in [0.05, 0.1) is 0 Å². The smallest absolute Gasteiger partial charge is 0.0327 e. The lowest BCUT2D eigenvalue weighted by Crippen LogP contribution is -2.47. The van der Waals surface area contributed by atoms with E-state index in [1.807, 2.05) is 0 Å². The van der Waals surface area contributed by atoms with Gasteiger partial charge in [0.25, 0.3) is 0 Å². The summed E-state index contributed by atoms with van der Waals surface area (Å²) in [7, 11) is 0. The highest BCUT2D eigenvalue weighted by Gasteiger charge is 2.46. The quantitative estimate of drug-likeness (QED) is 0.616. The van der Waals surface area contributed by atoms with Gasteiger partial charge in [0, 0.05) is 0 Å². The van der Waals surface area contributed by atoms with Crippen molar-refractivity contribution in [2.24, 2.45) is 35.5 Å². The Balaban J connectivity index is 2.60. The first kappa shape index (κ1) is 12.1. The molecule has 0 aliphatic heterocycles. The van der Waals surface area contributed by atoms with Crippen LogP contribution in [0.15, 0.2) is 0 Å². The van der Waals surface area contributed by atoms with Gasteiger partial charge in [-0.15, -0.1) is 0 Å². The van der Waals surface area contributed by atoms with Crippen molar-refractivity contribution in [3.8, 4) is 0 Å². The first-order chi connectivity index (χ1) is 6.50. The van der Waals surface area contributed by atoms with Crippen molar-refractivity contribution in [1.82, 2.24) is 0 Å². The standard InChI is InChI=1S/C14H28/c1-7-8-13(9(2)3)14-11(5)10(4)12(14)6/h9-14H,7-8H2,1-6H3. The predicted molar refractivity (Wildman–Crippen MR) is 64.2 cm³/mol. The Morgan fingerprint density at radius 3 is 1.79 bits per heavy atom. The van der Waals surface area contributed by atoms with Gasteiger partial charge in [-0.2, -0.15) is 0 Å². The van der Waals surface area contributed by atoms with Gasteiger partial charge in [0.1, 0.15) is 0 Å². The second-order valence-corrected chi connectivity index (χ2v) is 5.85. The van der Waals surface area contributed by atoms with Crippen molar-refractivity contribution in [2.75, 3.05) is 0 Å². The van der Waals surface area contributed by atoms with E-state index in [0.717, 1.165) is 35.5 Å². The Morgan fingerprint density at radius 1 is 0.929 bits per heavy atom. The van der Waals surface area contributed by atoms with Crippen LogP contribution in [0.3, 0.4) is 0 Å². The molecule has 0 saturated heterocycles. The van der Waals surface area contributed by atoms with Crippen molar-refractivity contribution in [1.29, 1.82) is 0 Å². The molecule has 0 radical (unpaired) electrons. The number of hydrogen-bond donors (Lipinski definition) is 0. The fraction of sp³-hybridized carbons (Fsp3) is 1.00. The minimum atomic E-state index is 0.873. The van der Waals surface area contributed by atoms with Gasteiger partial charge >= 0.3 is 0 Å². The molecular formula is C14H28. The zero-order chi connectivity index (χ0) is 10.9. The van der Waals surface area contributed by atoms with Gasteiger partial charge in [-0.05, 0) is 35.5 Å².